The van der Waals surface area contributed by atoms with Crippen LogP contribution in [0.15, 0.2) is 28.7 Å². The number of benzene rings is 1. The van der Waals surface area contributed by atoms with Gasteiger partial charge < -0.3 is 5.32 Å². The third-order valence-corrected chi connectivity index (χ3v) is 5.84. The normalized spacial score (nSPS) is 19.1. The van der Waals surface area contributed by atoms with Gasteiger partial charge in [0.25, 0.3) is 0 Å². The zero-order valence-corrected chi connectivity index (χ0v) is 14.5. The minimum Gasteiger partial charge on any atom is -0.313 e. The minimum absolute atomic E-state index is 0.518. The SMILES string of the molecule is CCCNC(Cc1ccccc1Br)C1(CC)CCCC1. The maximum Gasteiger partial charge on any atom is 0.0207 e. The topological polar surface area (TPSA) is 12.0 Å². The standard InChI is InChI=1S/C18H28BrN/c1-3-13-20-17(18(4-2)11-7-8-12-18)14-15-9-5-6-10-16(15)19/h5-6,9-10,17,20H,3-4,7-8,11-14H2,1-2H3. The maximum absolute atomic E-state index is 3.86. The van der Waals surface area contributed by atoms with Gasteiger partial charge in [0.2, 0.25) is 0 Å². The van der Waals surface area contributed by atoms with Crippen molar-refractivity contribution in [3.63, 3.8) is 0 Å². The van der Waals surface area contributed by atoms with Crippen LogP contribution in [0.5, 0.6) is 0 Å². The maximum atomic E-state index is 3.86. The van der Waals surface area contributed by atoms with Crippen molar-refractivity contribution in [1.29, 1.82) is 0 Å². The van der Waals surface area contributed by atoms with E-state index < -0.39 is 0 Å². The summed E-state index contributed by atoms with van der Waals surface area (Å²) in [6.45, 7) is 5.78. The molecule has 1 nitrogen and oxygen atoms in total. The molecule has 0 amide bonds. The van der Waals surface area contributed by atoms with E-state index in [0.29, 0.717) is 11.5 Å². The first kappa shape index (κ1) is 16.0. The fraction of sp³-hybridized carbons (Fsp3) is 0.667. The van der Waals surface area contributed by atoms with Crippen LogP contribution in [0.4, 0.5) is 0 Å². The zero-order valence-electron chi connectivity index (χ0n) is 12.9. The first-order valence-corrected chi connectivity index (χ1v) is 8.98. The molecule has 20 heavy (non-hydrogen) atoms. The molecule has 0 spiro atoms. The van der Waals surface area contributed by atoms with Crippen molar-refractivity contribution in [1.82, 2.24) is 5.32 Å². The summed E-state index contributed by atoms with van der Waals surface area (Å²) >= 11 is 3.71. The molecule has 1 atom stereocenters. The molecule has 0 aromatic heterocycles. The van der Waals surface area contributed by atoms with Gasteiger partial charge in [-0.05, 0) is 55.7 Å². The van der Waals surface area contributed by atoms with Crippen molar-refractivity contribution in [3.05, 3.63) is 34.3 Å². The molecule has 0 bridgehead atoms. The highest BCUT2D eigenvalue weighted by molar-refractivity contribution is 9.10. The van der Waals surface area contributed by atoms with Crippen LogP contribution >= 0.6 is 15.9 Å². The first-order valence-electron chi connectivity index (χ1n) is 8.18. The third-order valence-electron chi connectivity index (χ3n) is 5.07. The number of halogens is 1. The summed E-state index contributed by atoms with van der Waals surface area (Å²) < 4.78 is 1.26. The van der Waals surface area contributed by atoms with Crippen LogP contribution in [0.1, 0.15) is 57.9 Å². The van der Waals surface area contributed by atoms with Gasteiger partial charge in [0.05, 0.1) is 0 Å². The predicted octanol–water partition coefficient (Wildman–Crippen LogP) is 5.33. The molecule has 1 aliphatic rings. The monoisotopic (exact) mass is 337 g/mol. The Morgan fingerprint density at radius 1 is 1.20 bits per heavy atom. The summed E-state index contributed by atoms with van der Waals surface area (Å²) in [5.74, 6) is 0. The highest BCUT2D eigenvalue weighted by Crippen LogP contribution is 2.45. The molecule has 0 aliphatic heterocycles. The van der Waals surface area contributed by atoms with E-state index in [4.69, 9.17) is 0 Å². The molecule has 1 aliphatic carbocycles. The molecule has 2 rings (SSSR count). The van der Waals surface area contributed by atoms with Gasteiger partial charge in [-0.3, -0.25) is 0 Å². The van der Waals surface area contributed by atoms with Gasteiger partial charge in [0, 0.05) is 10.5 Å². The van der Waals surface area contributed by atoms with Gasteiger partial charge >= 0.3 is 0 Å². The average molecular weight is 338 g/mol. The minimum atomic E-state index is 0.518. The van der Waals surface area contributed by atoms with Crippen molar-refractivity contribution < 1.29 is 0 Å². The molecule has 0 heterocycles. The lowest BCUT2D eigenvalue weighted by molar-refractivity contribution is 0.184. The molecule has 0 radical (unpaired) electrons. The van der Waals surface area contributed by atoms with Crippen LogP contribution in [0.25, 0.3) is 0 Å². The first-order chi connectivity index (χ1) is 9.72. The molecule has 1 fully saturated rings. The van der Waals surface area contributed by atoms with E-state index >= 15 is 0 Å². The summed E-state index contributed by atoms with van der Waals surface area (Å²) in [6.07, 6.45) is 9.28. The average Bonchev–Trinajstić information content (AvgIpc) is 2.95. The van der Waals surface area contributed by atoms with Crippen LogP contribution in [0, 0.1) is 5.41 Å². The van der Waals surface area contributed by atoms with Crippen LogP contribution in [0.3, 0.4) is 0 Å². The number of rotatable bonds is 7. The molecule has 1 aromatic carbocycles. The second-order valence-corrected chi connectivity index (χ2v) is 7.08. The summed E-state index contributed by atoms with van der Waals surface area (Å²) in [6, 6.07) is 9.31. The molecule has 112 valence electrons. The van der Waals surface area contributed by atoms with Crippen molar-refractivity contribution >= 4 is 15.9 Å². The Hall–Kier alpha value is -0.340. The number of nitrogens with one attached hydrogen (secondary N) is 1. The highest BCUT2D eigenvalue weighted by atomic mass is 79.9. The lowest BCUT2D eigenvalue weighted by Crippen LogP contribution is -2.45. The summed E-state index contributed by atoms with van der Waals surface area (Å²) in [5.41, 5.74) is 1.96. The van der Waals surface area contributed by atoms with Crippen molar-refractivity contribution in [2.75, 3.05) is 6.54 Å². The van der Waals surface area contributed by atoms with E-state index in [1.165, 1.54) is 48.6 Å². The van der Waals surface area contributed by atoms with Gasteiger partial charge in [-0.25, -0.2) is 0 Å². The number of hydrogen-bond acceptors (Lipinski definition) is 1. The van der Waals surface area contributed by atoms with E-state index in [-0.39, 0.29) is 0 Å². The van der Waals surface area contributed by atoms with Gasteiger partial charge in [-0.15, -0.1) is 0 Å². The molecule has 1 N–H and O–H groups in total. The van der Waals surface area contributed by atoms with Gasteiger partial charge in [0.1, 0.15) is 0 Å². The van der Waals surface area contributed by atoms with Crippen molar-refractivity contribution in [2.45, 2.75) is 64.8 Å². The Morgan fingerprint density at radius 3 is 2.50 bits per heavy atom. The lowest BCUT2D eigenvalue weighted by atomic mass is 9.74. The van der Waals surface area contributed by atoms with E-state index in [2.05, 4.69) is 59.4 Å². The summed E-state index contributed by atoms with van der Waals surface area (Å²) in [4.78, 5) is 0. The molecule has 1 aromatic rings. The zero-order chi connectivity index (χ0) is 14.4. The highest BCUT2D eigenvalue weighted by Gasteiger charge is 2.39. The third kappa shape index (κ3) is 3.65. The molecule has 1 saturated carbocycles. The lowest BCUT2D eigenvalue weighted by Gasteiger charge is -2.38. The van der Waals surface area contributed by atoms with E-state index in [1.54, 1.807) is 0 Å². The van der Waals surface area contributed by atoms with Crippen molar-refractivity contribution in [3.8, 4) is 0 Å². The summed E-state index contributed by atoms with van der Waals surface area (Å²) in [5, 5.41) is 3.86. The fourth-order valence-corrected chi connectivity index (χ4v) is 4.18. The van der Waals surface area contributed by atoms with Crippen LogP contribution < -0.4 is 5.32 Å². The summed E-state index contributed by atoms with van der Waals surface area (Å²) in [7, 11) is 0. The van der Waals surface area contributed by atoms with Crippen LogP contribution in [-0.2, 0) is 6.42 Å². The van der Waals surface area contributed by atoms with Gasteiger partial charge in [-0.1, -0.05) is 60.8 Å². The van der Waals surface area contributed by atoms with E-state index in [0.717, 1.165) is 13.0 Å². The predicted molar refractivity (Wildman–Crippen MR) is 91.1 cm³/mol. The molecule has 1 unspecified atom stereocenters. The Balaban J connectivity index is 2.17. The van der Waals surface area contributed by atoms with E-state index in [1.807, 2.05) is 0 Å². The Morgan fingerprint density at radius 2 is 1.90 bits per heavy atom. The van der Waals surface area contributed by atoms with Crippen LogP contribution in [-0.4, -0.2) is 12.6 Å². The van der Waals surface area contributed by atoms with Crippen LogP contribution in [0.2, 0.25) is 0 Å². The fourth-order valence-electron chi connectivity index (χ4n) is 3.74. The Bertz CT molecular complexity index is 410. The van der Waals surface area contributed by atoms with Gasteiger partial charge in [-0.2, -0.15) is 0 Å². The smallest absolute Gasteiger partial charge is 0.0207 e. The number of hydrogen-bond donors (Lipinski definition) is 1. The molecule has 0 saturated heterocycles. The molecular formula is C18H28BrN. The second kappa shape index (κ2) is 7.61. The van der Waals surface area contributed by atoms with E-state index in [9.17, 15) is 0 Å². The molecular weight excluding hydrogens is 310 g/mol. The quantitative estimate of drug-likeness (QED) is 0.708. The largest absolute Gasteiger partial charge is 0.313 e. The Labute approximate surface area is 132 Å². The Kier molecular flexibility index (Phi) is 6.10. The van der Waals surface area contributed by atoms with Gasteiger partial charge in [0.15, 0.2) is 0 Å². The second-order valence-electron chi connectivity index (χ2n) is 6.23. The molecule has 2 heteroatoms. The van der Waals surface area contributed by atoms with Crippen molar-refractivity contribution in [2.24, 2.45) is 5.41 Å².